The average molecular weight is 292 g/mol. The van der Waals surface area contributed by atoms with E-state index in [1.807, 2.05) is 13.0 Å². The standard InChI is InChI=1S/C10H14BrNO2S/c1-6-4-8(15-9(6)11)10(14)12(3)5-7(2)13/h4,7,13H,5H2,1-3H3. The van der Waals surface area contributed by atoms with E-state index >= 15 is 0 Å². The number of halogens is 1. The van der Waals surface area contributed by atoms with Crippen LogP contribution in [0.1, 0.15) is 22.2 Å². The van der Waals surface area contributed by atoms with Crippen LogP contribution in [0.2, 0.25) is 0 Å². The number of carbonyl (C=O) groups excluding carboxylic acids is 1. The second kappa shape index (κ2) is 5.09. The molecule has 0 aromatic carbocycles. The van der Waals surface area contributed by atoms with Crippen LogP contribution >= 0.6 is 27.3 Å². The molecular weight excluding hydrogens is 278 g/mol. The molecule has 1 rings (SSSR count). The molecular formula is C10H14BrNO2S. The number of carbonyl (C=O) groups is 1. The van der Waals surface area contributed by atoms with Crippen molar-refractivity contribution in [2.75, 3.05) is 13.6 Å². The molecule has 84 valence electrons. The van der Waals surface area contributed by atoms with E-state index in [4.69, 9.17) is 0 Å². The van der Waals surface area contributed by atoms with Crippen molar-refractivity contribution < 1.29 is 9.90 Å². The molecule has 5 heteroatoms. The van der Waals surface area contributed by atoms with Gasteiger partial charge in [-0.25, -0.2) is 0 Å². The summed E-state index contributed by atoms with van der Waals surface area (Å²) in [5.74, 6) is -0.0466. The summed E-state index contributed by atoms with van der Waals surface area (Å²) < 4.78 is 0.983. The van der Waals surface area contributed by atoms with Crippen molar-refractivity contribution in [1.82, 2.24) is 4.90 Å². The first-order valence-electron chi connectivity index (χ1n) is 4.61. The lowest BCUT2D eigenvalue weighted by Gasteiger charge is -2.17. The molecule has 0 radical (unpaired) electrons. The molecule has 0 aliphatic carbocycles. The zero-order valence-electron chi connectivity index (χ0n) is 8.95. The maximum Gasteiger partial charge on any atom is 0.263 e. The van der Waals surface area contributed by atoms with Gasteiger partial charge in [0.25, 0.3) is 5.91 Å². The van der Waals surface area contributed by atoms with Gasteiger partial charge in [-0.15, -0.1) is 11.3 Å². The summed E-state index contributed by atoms with van der Waals surface area (Å²) in [6.07, 6.45) is -0.497. The molecule has 1 amide bonds. The summed E-state index contributed by atoms with van der Waals surface area (Å²) in [7, 11) is 1.69. The van der Waals surface area contributed by atoms with Gasteiger partial charge in [-0.3, -0.25) is 4.79 Å². The maximum atomic E-state index is 11.9. The molecule has 1 atom stereocenters. The van der Waals surface area contributed by atoms with Gasteiger partial charge in [0.2, 0.25) is 0 Å². The van der Waals surface area contributed by atoms with Crippen molar-refractivity contribution in [2.24, 2.45) is 0 Å². The van der Waals surface area contributed by atoms with Gasteiger partial charge in [0.15, 0.2) is 0 Å². The summed E-state index contributed by atoms with van der Waals surface area (Å²) in [6.45, 7) is 3.97. The van der Waals surface area contributed by atoms with E-state index in [2.05, 4.69) is 15.9 Å². The van der Waals surface area contributed by atoms with Gasteiger partial charge in [-0.05, 0) is 41.4 Å². The minimum absolute atomic E-state index is 0.0466. The van der Waals surface area contributed by atoms with Gasteiger partial charge >= 0.3 is 0 Å². The first kappa shape index (κ1) is 12.7. The molecule has 15 heavy (non-hydrogen) atoms. The lowest BCUT2D eigenvalue weighted by molar-refractivity contribution is 0.0708. The van der Waals surface area contributed by atoms with Crippen molar-refractivity contribution in [2.45, 2.75) is 20.0 Å². The van der Waals surface area contributed by atoms with Crippen LogP contribution in [0.5, 0.6) is 0 Å². The Kier molecular flexibility index (Phi) is 4.31. The van der Waals surface area contributed by atoms with Crippen molar-refractivity contribution in [1.29, 1.82) is 0 Å². The Balaban J connectivity index is 2.76. The number of aryl methyl sites for hydroxylation is 1. The minimum Gasteiger partial charge on any atom is -0.392 e. The second-order valence-electron chi connectivity index (χ2n) is 3.60. The number of aliphatic hydroxyl groups excluding tert-OH is 1. The van der Waals surface area contributed by atoms with E-state index in [-0.39, 0.29) is 5.91 Å². The normalized spacial score (nSPS) is 12.6. The third-order valence-electron chi connectivity index (χ3n) is 1.95. The molecule has 0 saturated carbocycles. The third kappa shape index (κ3) is 3.29. The highest BCUT2D eigenvalue weighted by atomic mass is 79.9. The summed E-state index contributed by atoms with van der Waals surface area (Å²) >= 11 is 4.80. The predicted octanol–water partition coefficient (Wildman–Crippen LogP) is 2.27. The van der Waals surface area contributed by atoms with Crippen molar-refractivity contribution >= 4 is 33.2 Å². The summed E-state index contributed by atoms with van der Waals surface area (Å²) in [5.41, 5.74) is 1.06. The van der Waals surface area contributed by atoms with Crippen molar-refractivity contribution in [3.63, 3.8) is 0 Å². The van der Waals surface area contributed by atoms with E-state index < -0.39 is 6.10 Å². The number of nitrogens with zero attached hydrogens (tertiary/aromatic N) is 1. The Morgan fingerprint density at radius 2 is 2.33 bits per heavy atom. The molecule has 1 aromatic heterocycles. The Morgan fingerprint density at radius 1 is 1.73 bits per heavy atom. The molecule has 0 saturated heterocycles. The van der Waals surface area contributed by atoms with Gasteiger partial charge < -0.3 is 10.0 Å². The van der Waals surface area contributed by atoms with Crippen LogP contribution in [-0.2, 0) is 0 Å². The first-order chi connectivity index (χ1) is 6.91. The fraction of sp³-hybridized carbons (Fsp3) is 0.500. The van der Waals surface area contributed by atoms with Crippen LogP contribution in [0.15, 0.2) is 9.85 Å². The number of thiophene rings is 1. The van der Waals surface area contributed by atoms with Crippen LogP contribution in [0, 0.1) is 6.92 Å². The number of hydrogen-bond donors (Lipinski definition) is 1. The highest BCUT2D eigenvalue weighted by molar-refractivity contribution is 9.11. The van der Waals surface area contributed by atoms with E-state index in [9.17, 15) is 9.90 Å². The van der Waals surface area contributed by atoms with Gasteiger partial charge in [0.1, 0.15) is 0 Å². The largest absolute Gasteiger partial charge is 0.392 e. The van der Waals surface area contributed by atoms with Crippen molar-refractivity contribution in [3.05, 3.63) is 20.3 Å². The Labute approximate surface area is 102 Å². The molecule has 1 aromatic rings. The van der Waals surface area contributed by atoms with Crippen LogP contribution < -0.4 is 0 Å². The third-order valence-corrected chi connectivity index (χ3v) is 4.08. The molecule has 0 bridgehead atoms. The number of rotatable bonds is 3. The van der Waals surface area contributed by atoms with Crippen LogP contribution in [0.3, 0.4) is 0 Å². The van der Waals surface area contributed by atoms with Gasteiger partial charge in [-0.2, -0.15) is 0 Å². The lowest BCUT2D eigenvalue weighted by atomic mass is 10.3. The summed E-state index contributed by atoms with van der Waals surface area (Å²) in [6, 6.07) is 1.86. The quantitative estimate of drug-likeness (QED) is 0.928. The smallest absolute Gasteiger partial charge is 0.263 e. The fourth-order valence-electron chi connectivity index (χ4n) is 1.23. The predicted molar refractivity (Wildman–Crippen MR) is 65.4 cm³/mol. The molecule has 0 spiro atoms. The molecule has 0 aliphatic heterocycles. The zero-order valence-corrected chi connectivity index (χ0v) is 11.4. The molecule has 0 fully saturated rings. The number of hydrogen-bond acceptors (Lipinski definition) is 3. The highest BCUT2D eigenvalue weighted by Crippen LogP contribution is 2.27. The Morgan fingerprint density at radius 3 is 2.73 bits per heavy atom. The molecule has 1 heterocycles. The number of amides is 1. The first-order valence-corrected chi connectivity index (χ1v) is 6.22. The summed E-state index contributed by atoms with van der Waals surface area (Å²) in [4.78, 5) is 14.1. The average Bonchev–Trinajstić information content (AvgIpc) is 2.44. The minimum atomic E-state index is -0.497. The lowest BCUT2D eigenvalue weighted by Crippen LogP contribution is -2.32. The van der Waals surface area contributed by atoms with E-state index in [1.165, 1.54) is 16.2 Å². The van der Waals surface area contributed by atoms with Crippen LogP contribution in [0.4, 0.5) is 0 Å². The fourth-order valence-corrected chi connectivity index (χ4v) is 2.76. The molecule has 3 nitrogen and oxygen atoms in total. The SMILES string of the molecule is Cc1cc(C(=O)N(C)CC(C)O)sc1Br. The van der Waals surface area contributed by atoms with E-state index in [0.29, 0.717) is 11.4 Å². The van der Waals surface area contributed by atoms with Crippen LogP contribution in [0.25, 0.3) is 0 Å². The summed E-state index contributed by atoms with van der Waals surface area (Å²) in [5, 5.41) is 9.18. The van der Waals surface area contributed by atoms with E-state index in [1.54, 1.807) is 14.0 Å². The Bertz CT molecular complexity index is 343. The molecule has 0 aliphatic rings. The van der Waals surface area contributed by atoms with Crippen LogP contribution in [-0.4, -0.2) is 35.6 Å². The maximum absolute atomic E-state index is 11.9. The van der Waals surface area contributed by atoms with Gasteiger partial charge in [0, 0.05) is 13.6 Å². The van der Waals surface area contributed by atoms with Crippen molar-refractivity contribution in [3.8, 4) is 0 Å². The topological polar surface area (TPSA) is 40.5 Å². The highest BCUT2D eigenvalue weighted by Gasteiger charge is 2.16. The monoisotopic (exact) mass is 291 g/mol. The van der Waals surface area contributed by atoms with Gasteiger partial charge in [-0.1, -0.05) is 0 Å². The second-order valence-corrected chi connectivity index (χ2v) is 5.97. The van der Waals surface area contributed by atoms with Gasteiger partial charge in [0.05, 0.1) is 14.8 Å². The molecule has 1 unspecified atom stereocenters. The Hall–Kier alpha value is -0.390. The van der Waals surface area contributed by atoms with E-state index in [0.717, 1.165) is 9.35 Å². The number of aliphatic hydroxyl groups is 1. The molecule has 1 N–H and O–H groups in total. The zero-order chi connectivity index (χ0) is 11.6. The number of likely N-dealkylation sites (N-methyl/N-ethyl adjacent to an activating group) is 1.